The van der Waals surface area contributed by atoms with Crippen LogP contribution in [0.4, 0.5) is 13.2 Å². The lowest BCUT2D eigenvalue weighted by atomic mass is 10.3. The normalized spacial score (nSPS) is 13.2. The van der Waals surface area contributed by atoms with E-state index in [2.05, 4.69) is 5.32 Å². The quantitative estimate of drug-likeness (QED) is 0.697. The molecule has 2 N–H and O–H groups in total. The van der Waals surface area contributed by atoms with Crippen LogP contribution in [0.15, 0.2) is 0 Å². The summed E-state index contributed by atoms with van der Waals surface area (Å²) in [6.07, 6.45) is 0. The largest absolute Gasteiger partial charge is 0.480 e. The topological polar surface area (TPSA) is 66.4 Å². The molecule has 0 aromatic rings. The van der Waals surface area contributed by atoms with E-state index in [4.69, 9.17) is 5.11 Å². The summed E-state index contributed by atoms with van der Waals surface area (Å²) >= 11 is 0.908. The summed E-state index contributed by atoms with van der Waals surface area (Å²) in [4.78, 5) is 21.3. The molecular formula is C8H12F3NO3S2. The van der Waals surface area contributed by atoms with Crippen molar-refractivity contribution in [3.8, 4) is 0 Å². The molecule has 9 heteroatoms. The predicted octanol–water partition coefficient (Wildman–Crippen LogP) is 1.56. The summed E-state index contributed by atoms with van der Waals surface area (Å²) in [6, 6.07) is -1.06. The van der Waals surface area contributed by atoms with Crippen LogP contribution >= 0.6 is 23.5 Å². The molecule has 0 aromatic heterocycles. The lowest BCUT2D eigenvalue weighted by Crippen LogP contribution is -2.41. The Kier molecular flexibility index (Phi) is 7.44. The maximum atomic E-state index is 11.7. The maximum Gasteiger partial charge on any atom is 0.441 e. The Balaban J connectivity index is 3.76. The van der Waals surface area contributed by atoms with E-state index in [1.54, 1.807) is 0 Å². The van der Waals surface area contributed by atoms with E-state index in [1.807, 2.05) is 0 Å². The highest BCUT2D eigenvalue weighted by Gasteiger charge is 2.27. The van der Waals surface area contributed by atoms with Crippen LogP contribution in [0.3, 0.4) is 0 Å². The fraction of sp³-hybridized carbons (Fsp3) is 0.750. The number of carboxylic acids is 1. The standard InChI is InChI=1S/C8H12F3NO3S2/c1-5(13)12-6(7(14)15)4-16-2-3-17-8(9,10)11/h6H,2-4H2,1H3,(H,12,13)(H,14,15). The van der Waals surface area contributed by atoms with Crippen LogP contribution in [0.2, 0.25) is 0 Å². The van der Waals surface area contributed by atoms with Crippen LogP contribution in [-0.4, -0.2) is 45.8 Å². The minimum Gasteiger partial charge on any atom is -0.480 e. The first kappa shape index (κ1) is 16.4. The van der Waals surface area contributed by atoms with Gasteiger partial charge >= 0.3 is 11.5 Å². The van der Waals surface area contributed by atoms with Gasteiger partial charge in [0.15, 0.2) is 0 Å². The van der Waals surface area contributed by atoms with Gasteiger partial charge in [-0.15, -0.1) is 0 Å². The van der Waals surface area contributed by atoms with Crippen LogP contribution in [0.1, 0.15) is 6.92 Å². The summed E-state index contributed by atoms with van der Waals surface area (Å²) in [6.45, 7) is 1.18. The smallest absolute Gasteiger partial charge is 0.441 e. The first-order valence-electron chi connectivity index (χ1n) is 4.50. The molecule has 0 saturated carbocycles. The zero-order valence-electron chi connectivity index (χ0n) is 8.91. The van der Waals surface area contributed by atoms with Crippen molar-refractivity contribution in [2.75, 3.05) is 17.3 Å². The maximum absolute atomic E-state index is 11.7. The molecule has 0 rings (SSSR count). The Hall–Kier alpha value is -0.570. The molecule has 0 saturated heterocycles. The third kappa shape index (κ3) is 10.3. The molecule has 100 valence electrons. The summed E-state index contributed by atoms with van der Waals surface area (Å²) in [5, 5.41) is 10.9. The van der Waals surface area contributed by atoms with Gasteiger partial charge in [-0.2, -0.15) is 24.9 Å². The van der Waals surface area contributed by atoms with Gasteiger partial charge in [-0.05, 0) is 0 Å². The number of hydrogen-bond acceptors (Lipinski definition) is 4. The Labute approximate surface area is 105 Å². The molecule has 1 unspecified atom stereocenters. The molecule has 0 spiro atoms. The minimum absolute atomic E-state index is 0.0489. The number of thioether (sulfide) groups is 2. The number of amides is 1. The van der Waals surface area contributed by atoms with Gasteiger partial charge in [-0.1, -0.05) is 11.8 Å². The second-order valence-electron chi connectivity index (χ2n) is 2.96. The number of aliphatic carboxylic acids is 1. The number of hydrogen-bond donors (Lipinski definition) is 2. The van der Waals surface area contributed by atoms with Crippen molar-refractivity contribution in [2.45, 2.75) is 18.5 Å². The van der Waals surface area contributed by atoms with E-state index in [0.29, 0.717) is 0 Å². The lowest BCUT2D eigenvalue weighted by molar-refractivity contribution is -0.140. The van der Waals surface area contributed by atoms with Gasteiger partial charge in [0, 0.05) is 24.2 Å². The molecule has 0 aromatic carbocycles. The highest BCUT2D eigenvalue weighted by atomic mass is 32.2. The molecule has 0 radical (unpaired) electrons. The van der Waals surface area contributed by atoms with Gasteiger partial charge in [-0.3, -0.25) is 4.79 Å². The van der Waals surface area contributed by atoms with Crippen LogP contribution in [0, 0.1) is 0 Å². The monoisotopic (exact) mass is 291 g/mol. The molecule has 4 nitrogen and oxygen atoms in total. The molecule has 1 atom stereocenters. The summed E-state index contributed by atoms with van der Waals surface area (Å²) in [5.41, 5.74) is -4.26. The molecule has 0 aliphatic heterocycles. The lowest BCUT2D eigenvalue weighted by Gasteiger charge is -2.12. The van der Waals surface area contributed by atoms with Gasteiger partial charge < -0.3 is 10.4 Å². The summed E-state index contributed by atoms with van der Waals surface area (Å²) in [7, 11) is 0. The van der Waals surface area contributed by atoms with Gasteiger partial charge in [0.1, 0.15) is 6.04 Å². The third-order valence-corrected chi connectivity index (χ3v) is 3.51. The van der Waals surface area contributed by atoms with Gasteiger partial charge in [0.05, 0.1) is 0 Å². The molecule has 1 amide bonds. The van der Waals surface area contributed by atoms with Gasteiger partial charge in [-0.25, -0.2) is 4.79 Å². The van der Waals surface area contributed by atoms with Gasteiger partial charge in [0.25, 0.3) is 0 Å². The number of halogens is 3. The predicted molar refractivity (Wildman–Crippen MR) is 61.1 cm³/mol. The Morgan fingerprint density at radius 2 is 1.94 bits per heavy atom. The van der Waals surface area contributed by atoms with E-state index in [0.717, 1.165) is 11.8 Å². The number of alkyl halides is 3. The van der Waals surface area contributed by atoms with Gasteiger partial charge in [0.2, 0.25) is 5.91 Å². The van der Waals surface area contributed by atoms with E-state index in [1.165, 1.54) is 6.92 Å². The summed E-state index contributed by atoms with van der Waals surface area (Å²) in [5.74, 6) is -1.60. The molecular weight excluding hydrogens is 279 g/mol. The van der Waals surface area contributed by atoms with Crippen molar-refractivity contribution in [3.05, 3.63) is 0 Å². The molecule has 17 heavy (non-hydrogen) atoms. The third-order valence-electron chi connectivity index (χ3n) is 1.45. The fourth-order valence-electron chi connectivity index (χ4n) is 0.838. The van der Waals surface area contributed by atoms with Crippen LogP contribution in [0.25, 0.3) is 0 Å². The first-order valence-corrected chi connectivity index (χ1v) is 6.64. The fourth-order valence-corrected chi connectivity index (χ4v) is 2.50. The zero-order valence-corrected chi connectivity index (χ0v) is 10.5. The van der Waals surface area contributed by atoms with Crippen molar-refractivity contribution < 1.29 is 27.9 Å². The van der Waals surface area contributed by atoms with Crippen LogP contribution in [0.5, 0.6) is 0 Å². The average molecular weight is 291 g/mol. The molecule has 0 bridgehead atoms. The average Bonchev–Trinajstić information content (AvgIpc) is 2.12. The van der Waals surface area contributed by atoms with E-state index in [-0.39, 0.29) is 29.0 Å². The Morgan fingerprint density at radius 1 is 1.35 bits per heavy atom. The first-order chi connectivity index (χ1) is 7.72. The van der Waals surface area contributed by atoms with Crippen molar-refractivity contribution in [1.29, 1.82) is 0 Å². The van der Waals surface area contributed by atoms with Crippen LogP contribution in [-0.2, 0) is 9.59 Å². The van der Waals surface area contributed by atoms with Crippen LogP contribution < -0.4 is 5.32 Å². The second-order valence-corrected chi connectivity index (χ2v) is 5.27. The zero-order chi connectivity index (χ0) is 13.5. The SMILES string of the molecule is CC(=O)NC(CSCCSC(F)(F)F)C(=O)O. The number of carbonyl (C=O) groups is 2. The molecule has 0 heterocycles. The molecule has 0 fully saturated rings. The number of nitrogens with one attached hydrogen (secondary N) is 1. The second kappa shape index (κ2) is 7.70. The Morgan fingerprint density at radius 3 is 2.35 bits per heavy atom. The van der Waals surface area contributed by atoms with Crippen molar-refractivity contribution >= 4 is 35.4 Å². The summed E-state index contributed by atoms with van der Waals surface area (Å²) < 4.78 is 35.2. The van der Waals surface area contributed by atoms with E-state index in [9.17, 15) is 22.8 Å². The minimum atomic E-state index is -4.26. The number of carbonyl (C=O) groups excluding carboxylic acids is 1. The molecule has 0 aliphatic carbocycles. The highest BCUT2D eigenvalue weighted by molar-refractivity contribution is 8.03. The number of rotatable bonds is 7. The van der Waals surface area contributed by atoms with E-state index < -0.39 is 23.4 Å². The Bertz CT molecular complexity index is 273. The van der Waals surface area contributed by atoms with Crippen molar-refractivity contribution in [3.63, 3.8) is 0 Å². The number of carboxylic acid groups (broad SMARTS) is 1. The highest BCUT2D eigenvalue weighted by Crippen LogP contribution is 2.30. The van der Waals surface area contributed by atoms with Crippen molar-refractivity contribution in [2.24, 2.45) is 0 Å². The molecule has 0 aliphatic rings. The van der Waals surface area contributed by atoms with E-state index >= 15 is 0 Å². The van der Waals surface area contributed by atoms with Crippen molar-refractivity contribution in [1.82, 2.24) is 5.32 Å².